The number of alkyl halides is 1. The van der Waals surface area contributed by atoms with Gasteiger partial charge in [0.1, 0.15) is 23.0 Å². The van der Waals surface area contributed by atoms with Crippen LogP contribution in [-0.2, 0) is 9.59 Å². The molecule has 0 spiro atoms. The van der Waals surface area contributed by atoms with Crippen molar-refractivity contribution in [3.8, 4) is 5.75 Å². The van der Waals surface area contributed by atoms with Gasteiger partial charge in [-0.15, -0.1) is 0 Å². The van der Waals surface area contributed by atoms with Gasteiger partial charge < -0.3 is 15.0 Å². The van der Waals surface area contributed by atoms with Crippen LogP contribution in [-0.4, -0.2) is 114 Å². The Balaban J connectivity index is 0.830. The second kappa shape index (κ2) is 13.5. The van der Waals surface area contributed by atoms with Crippen LogP contribution in [0.5, 0.6) is 5.75 Å². The van der Waals surface area contributed by atoms with Crippen molar-refractivity contribution in [2.75, 3.05) is 42.9 Å². The summed E-state index contributed by atoms with van der Waals surface area (Å²) in [5.41, 5.74) is 1.01. The second-order valence-corrected chi connectivity index (χ2v) is 16.3. The molecule has 3 aromatic heterocycles. The van der Waals surface area contributed by atoms with E-state index in [1.54, 1.807) is 41.2 Å². The van der Waals surface area contributed by atoms with Crippen LogP contribution < -0.4 is 20.3 Å². The Morgan fingerprint density at radius 2 is 1.81 bits per heavy atom. The van der Waals surface area contributed by atoms with E-state index in [0.29, 0.717) is 41.4 Å². The zero-order chi connectivity index (χ0) is 39.8. The number of hydrogen-bond donors (Lipinski definition) is 2. The number of halogens is 1. The molecule has 9 rings (SSSR count). The lowest BCUT2D eigenvalue weighted by atomic mass is 9.92. The predicted molar refractivity (Wildman–Crippen MR) is 205 cm³/mol. The molecule has 3 saturated heterocycles. The lowest BCUT2D eigenvalue weighted by Gasteiger charge is -2.48. The third-order valence-electron chi connectivity index (χ3n) is 11.0. The van der Waals surface area contributed by atoms with Crippen molar-refractivity contribution >= 4 is 57.5 Å². The van der Waals surface area contributed by atoms with E-state index in [1.807, 2.05) is 48.7 Å². The maximum atomic E-state index is 16.1. The molecule has 0 bridgehead atoms. The van der Waals surface area contributed by atoms with E-state index in [2.05, 4.69) is 25.6 Å². The fraction of sp³-hybridized carbons (Fsp3) is 0.400. The minimum absolute atomic E-state index is 0.0436. The Kier molecular flexibility index (Phi) is 8.60. The van der Waals surface area contributed by atoms with Crippen molar-refractivity contribution < 1.29 is 33.1 Å². The van der Waals surface area contributed by atoms with Gasteiger partial charge in [0.25, 0.3) is 17.7 Å². The molecule has 0 saturated carbocycles. The Labute approximate surface area is 325 Å². The van der Waals surface area contributed by atoms with Gasteiger partial charge in [-0.1, -0.05) is 0 Å². The number of rotatable bonds is 8. The van der Waals surface area contributed by atoms with E-state index >= 15 is 4.39 Å². The third-order valence-corrected chi connectivity index (χ3v) is 11.0. The number of carbonyl (C=O) groups is 5. The lowest BCUT2D eigenvalue weighted by Crippen LogP contribution is -2.64. The molecule has 294 valence electrons. The molecular weight excluding hydrogens is 736 g/mol. The van der Waals surface area contributed by atoms with Crippen molar-refractivity contribution in [1.29, 1.82) is 0 Å². The van der Waals surface area contributed by atoms with Crippen molar-refractivity contribution in [3.63, 3.8) is 0 Å². The van der Waals surface area contributed by atoms with Gasteiger partial charge in [-0.3, -0.25) is 43.8 Å². The van der Waals surface area contributed by atoms with Gasteiger partial charge in [-0.05, 0) is 70.4 Å². The highest BCUT2D eigenvalue weighted by atomic mass is 19.1. The van der Waals surface area contributed by atoms with Crippen LogP contribution in [0.15, 0.2) is 61.2 Å². The van der Waals surface area contributed by atoms with Crippen LogP contribution in [0.1, 0.15) is 83.6 Å². The molecule has 16 nitrogen and oxygen atoms in total. The van der Waals surface area contributed by atoms with Crippen molar-refractivity contribution in [3.05, 3.63) is 77.9 Å². The second-order valence-electron chi connectivity index (χ2n) is 16.3. The number of nitrogens with one attached hydrogen (secondary N) is 2. The van der Waals surface area contributed by atoms with Crippen LogP contribution >= 0.6 is 0 Å². The average Bonchev–Trinajstić information content (AvgIpc) is 3.84. The van der Waals surface area contributed by atoms with Crippen LogP contribution in [0.3, 0.4) is 0 Å². The molecule has 3 fully saturated rings. The maximum Gasteiger partial charge on any atom is 0.262 e. The van der Waals surface area contributed by atoms with Crippen LogP contribution in [0, 0.1) is 0 Å². The van der Waals surface area contributed by atoms with E-state index in [4.69, 9.17) is 9.84 Å². The first-order valence-corrected chi connectivity index (χ1v) is 19.1. The highest BCUT2D eigenvalue weighted by molar-refractivity contribution is 6.23. The molecule has 4 aliphatic heterocycles. The van der Waals surface area contributed by atoms with E-state index in [1.165, 1.54) is 6.20 Å². The summed E-state index contributed by atoms with van der Waals surface area (Å²) in [6.45, 7) is 7.73. The number of amides is 5. The van der Waals surface area contributed by atoms with E-state index in [0.717, 1.165) is 28.6 Å². The van der Waals surface area contributed by atoms with Gasteiger partial charge in [-0.2, -0.15) is 10.2 Å². The third kappa shape index (κ3) is 6.74. The Hall–Kier alpha value is -6.23. The monoisotopic (exact) mass is 776 g/mol. The molecule has 57 heavy (non-hydrogen) atoms. The number of ether oxygens (including phenoxy) is 1. The molecular formula is C40H41FN10O6. The SMILES string of the molecule is CC(C)(C)Oc1cc2nn(C3CCN(CC4(F)CN(c5ccc6c(c5)C(=O)N(C5CCC(=O)NC5=O)C6=O)C4)CC3)cc2cc1NC(=O)c1cnn2cccnc12. The van der Waals surface area contributed by atoms with Crippen LogP contribution in [0.4, 0.5) is 15.8 Å². The normalized spacial score (nSPS) is 20.2. The minimum atomic E-state index is -1.45. The molecule has 1 unspecified atom stereocenters. The van der Waals surface area contributed by atoms with Gasteiger partial charge in [0.15, 0.2) is 11.3 Å². The number of anilines is 2. The number of piperidine rings is 2. The predicted octanol–water partition coefficient (Wildman–Crippen LogP) is 3.78. The molecule has 1 atom stereocenters. The fourth-order valence-electron chi connectivity index (χ4n) is 8.27. The lowest BCUT2D eigenvalue weighted by molar-refractivity contribution is -0.136. The summed E-state index contributed by atoms with van der Waals surface area (Å²) < 4.78 is 25.9. The van der Waals surface area contributed by atoms with Gasteiger partial charge in [-0.25, -0.2) is 13.9 Å². The first kappa shape index (κ1) is 36.4. The summed E-state index contributed by atoms with van der Waals surface area (Å²) >= 11 is 0. The largest absolute Gasteiger partial charge is 0.486 e. The summed E-state index contributed by atoms with van der Waals surface area (Å²) in [7, 11) is 0. The van der Waals surface area contributed by atoms with Gasteiger partial charge >= 0.3 is 0 Å². The molecule has 0 aliphatic carbocycles. The van der Waals surface area contributed by atoms with E-state index in [9.17, 15) is 24.0 Å². The number of carbonyl (C=O) groups excluding carboxylic acids is 5. The Morgan fingerprint density at radius 1 is 1.04 bits per heavy atom. The topological polar surface area (TPSA) is 176 Å². The van der Waals surface area contributed by atoms with Crippen molar-refractivity contribution in [2.24, 2.45) is 0 Å². The molecule has 2 N–H and O–H groups in total. The number of imide groups is 2. The number of benzene rings is 2. The quantitative estimate of drug-likeness (QED) is 0.220. The summed E-state index contributed by atoms with van der Waals surface area (Å²) in [6.07, 6.45) is 8.47. The first-order chi connectivity index (χ1) is 27.2. The summed E-state index contributed by atoms with van der Waals surface area (Å²) in [4.78, 5) is 73.0. The van der Waals surface area contributed by atoms with Crippen molar-refractivity contribution in [1.82, 2.24) is 39.5 Å². The van der Waals surface area contributed by atoms with Crippen LogP contribution in [0.25, 0.3) is 16.6 Å². The van der Waals surface area contributed by atoms with Gasteiger partial charge in [0.05, 0.1) is 47.7 Å². The molecule has 17 heteroatoms. The molecule has 4 aliphatic rings. The maximum absolute atomic E-state index is 16.1. The van der Waals surface area contributed by atoms with E-state index < -0.39 is 40.9 Å². The molecule has 0 radical (unpaired) electrons. The first-order valence-electron chi connectivity index (χ1n) is 19.1. The fourth-order valence-corrected chi connectivity index (χ4v) is 8.27. The number of likely N-dealkylation sites (tertiary alicyclic amines) is 1. The smallest absolute Gasteiger partial charge is 0.262 e. The zero-order valence-corrected chi connectivity index (χ0v) is 31.7. The minimum Gasteiger partial charge on any atom is -0.486 e. The standard InChI is InChI=1S/C40H41FN10O6/c1-39(2,3)57-32-17-29-23(15-30(32)44-35(53)28-18-43-49-12-4-11-42-34(28)49)19-50(46-29)24-9-13-47(14-10-24)20-40(41)21-48(22-40)25-5-6-26-27(16-25)38(56)51(37(26)55)31-7-8-33(52)45-36(31)54/h4-6,11-12,15-19,24,31H,7-10,13-14,20-22H2,1-3H3,(H,44,53)(H,45,52,54). The molecule has 5 amide bonds. The highest BCUT2D eigenvalue weighted by Gasteiger charge is 2.48. The van der Waals surface area contributed by atoms with Crippen molar-refractivity contribution in [2.45, 2.75) is 69.8 Å². The van der Waals surface area contributed by atoms with Gasteiger partial charge in [0, 0.05) is 61.8 Å². The Morgan fingerprint density at radius 3 is 2.56 bits per heavy atom. The average molecular weight is 777 g/mol. The summed E-state index contributed by atoms with van der Waals surface area (Å²) in [5, 5.41) is 15.2. The number of fused-ring (bicyclic) bond motifs is 3. The zero-order valence-electron chi connectivity index (χ0n) is 31.7. The number of hydrogen-bond acceptors (Lipinski definition) is 11. The number of aromatic nitrogens is 5. The summed E-state index contributed by atoms with van der Waals surface area (Å²) in [6, 6.07) is 9.35. The molecule has 7 heterocycles. The number of nitrogens with zero attached hydrogens (tertiary/aromatic N) is 8. The van der Waals surface area contributed by atoms with E-state index in [-0.39, 0.29) is 55.6 Å². The Bertz CT molecular complexity index is 2490. The van der Waals surface area contributed by atoms with Gasteiger partial charge in [0.2, 0.25) is 11.8 Å². The molecule has 5 aromatic rings. The molecule has 2 aromatic carbocycles. The summed E-state index contributed by atoms with van der Waals surface area (Å²) in [5.74, 6) is -2.13. The highest BCUT2D eigenvalue weighted by Crippen LogP contribution is 2.38. The van der Waals surface area contributed by atoms with Crippen LogP contribution in [0.2, 0.25) is 0 Å².